The van der Waals surface area contributed by atoms with Crippen LogP contribution < -0.4 is 0 Å². The summed E-state index contributed by atoms with van der Waals surface area (Å²) in [4.78, 5) is 9.14. The van der Waals surface area contributed by atoms with Crippen LogP contribution in [0.25, 0.3) is 0 Å². The predicted molar refractivity (Wildman–Crippen MR) is 78.6 cm³/mol. The van der Waals surface area contributed by atoms with Crippen LogP contribution in [0.3, 0.4) is 0 Å². The van der Waals surface area contributed by atoms with Crippen LogP contribution in [0.5, 0.6) is 0 Å². The van der Waals surface area contributed by atoms with E-state index in [4.69, 9.17) is 9.52 Å². The van der Waals surface area contributed by atoms with Crippen molar-refractivity contribution in [2.75, 3.05) is 33.3 Å². The van der Waals surface area contributed by atoms with Gasteiger partial charge in [-0.3, -0.25) is 4.90 Å². The fraction of sp³-hybridized carbons (Fsp3) is 0.800. The number of aryl methyl sites for hydroxylation is 2. The molecule has 20 heavy (non-hydrogen) atoms. The number of aliphatic hydroxyl groups is 1. The Morgan fingerprint density at radius 3 is 2.65 bits per heavy atom. The molecule has 0 aliphatic carbocycles. The van der Waals surface area contributed by atoms with E-state index in [2.05, 4.69) is 28.8 Å². The van der Waals surface area contributed by atoms with Gasteiger partial charge in [-0.05, 0) is 26.8 Å². The van der Waals surface area contributed by atoms with Gasteiger partial charge in [-0.1, -0.05) is 6.92 Å². The summed E-state index contributed by atoms with van der Waals surface area (Å²) in [6.45, 7) is 8.15. The van der Waals surface area contributed by atoms with Gasteiger partial charge >= 0.3 is 0 Å². The first kappa shape index (κ1) is 15.5. The first-order valence-corrected chi connectivity index (χ1v) is 7.62. The second-order valence-electron chi connectivity index (χ2n) is 5.68. The van der Waals surface area contributed by atoms with E-state index >= 15 is 0 Å². The zero-order valence-electron chi connectivity index (χ0n) is 12.9. The zero-order chi connectivity index (χ0) is 14.5. The summed E-state index contributed by atoms with van der Waals surface area (Å²) in [6, 6.07) is 0.598. The summed E-state index contributed by atoms with van der Waals surface area (Å²) < 4.78 is 5.78. The summed E-state index contributed by atoms with van der Waals surface area (Å²) in [6.07, 6.45) is 3.17. The van der Waals surface area contributed by atoms with Crippen LogP contribution in [-0.4, -0.2) is 59.2 Å². The molecule has 0 bridgehead atoms. The molecule has 5 heteroatoms. The zero-order valence-corrected chi connectivity index (χ0v) is 12.9. The van der Waals surface area contributed by atoms with Gasteiger partial charge in [0.2, 0.25) is 0 Å². The molecule has 1 aromatic heterocycles. The molecule has 1 aliphatic heterocycles. The average molecular weight is 281 g/mol. The molecule has 0 amide bonds. The van der Waals surface area contributed by atoms with Gasteiger partial charge in [0.25, 0.3) is 0 Å². The topological polar surface area (TPSA) is 52.7 Å². The Morgan fingerprint density at radius 1 is 1.40 bits per heavy atom. The van der Waals surface area contributed by atoms with Crippen LogP contribution in [0.15, 0.2) is 4.42 Å². The fourth-order valence-electron chi connectivity index (χ4n) is 2.85. The lowest BCUT2D eigenvalue weighted by Crippen LogP contribution is -2.43. The number of oxazole rings is 1. The lowest BCUT2D eigenvalue weighted by Gasteiger charge is -2.36. The summed E-state index contributed by atoms with van der Waals surface area (Å²) in [7, 11) is 2.10. The molecular weight excluding hydrogens is 254 g/mol. The van der Waals surface area contributed by atoms with Crippen LogP contribution in [0.4, 0.5) is 0 Å². The summed E-state index contributed by atoms with van der Waals surface area (Å²) in [5.74, 6) is 1.86. The molecule has 2 rings (SSSR count). The first-order chi connectivity index (χ1) is 9.63. The number of hydrogen-bond donors (Lipinski definition) is 1. The van der Waals surface area contributed by atoms with Crippen molar-refractivity contribution in [3.63, 3.8) is 0 Å². The predicted octanol–water partition coefficient (Wildman–Crippen LogP) is 1.43. The van der Waals surface area contributed by atoms with Crippen molar-refractivity contribution in [1.29, 1.82) is 0 Å². The van der Waals surface area contributed by atoms with Gasteiger partial charge in [0.15, 0.2) is 5.89 Å². The Morgan fingerprint density at radius 2 is 2.10 bits per heavy atom. The van der Waals surface area contributed by atoms with Crippen molar-refractivity contribution in [2.24, 2.45) is 0 Å². The molecule has 0 atom stereocenters. The molecule has 1 saturated heterocycles. The molecule has 2 heterocycles. The van der Waals surface area contributed by atoms with E-state index in [-0.39, 0.29) is 6.61 Å². The summed E-state index contributed by atoms with van der Waals surface area (Å²) in [5, 5.41) is 9.00. The third-order valence-corrected chi connectivity index (χ3v) is 4.24. The van der Waals surface area contributed by atoms with E-state index in [0.29, 0.717) is 6.04 Å². The highest BCUT2D eigenvalue weighted by atomic mass is 16.4. The van der Waals surface area contributed by atoms with Gasteiger partial charge in [0.1, 0.15) is 5.76 Å². The third kappa shape index (κ3) is 3.81. The van der Waals surface area contributed by atoms with Gasteiger partial charge in [-0.25, -0.2) is 4.98 Å². The Bertz CT molecular complexity index is 411. The lowest BCUT2D eigenvalue weighted by molar-refractivity contribution is 0.103. The normalized spacial score (nSPS) is 18.1. The number of hydrogen-bond acceptors (Lipinski definition) is 5. The van der Waals surface area contributed by atoms with Gasteiger partial charge < -0.3 is 14.4 Å². The Kier molecular flexibility index (Phi) is 5.57. The molecular formula is C15H27N3O2. The lowest BCUT2D eigenvalue weighted by atomic mass is 10.0. The SMILES string of the molecule is CCc1nc(C)c(CN2CCC(N(C)CCO)CC2)o1. The minimum atomic E-state index is 0.244. The van der Waals surface area contributed by atoms with Crippen molar-refractivity contribution in [3.8, 4) is 0 Å². The highest BCUT2D eigenvalue weighted by molar-refractivity contribution is 5.08. The summed E-state index contributed by atoms with van der Waals surface area (Å²) >= 11 is 0. The highest BCUT2D eigenvalue weighted by Gasteiger charge is 2.23. The molecule has 0 unspecified atom stereocenters. The quantitative estimate of drug-likeness (QED) is 0.855. The van der Waals surface area contributed by atoms with E-state index in [9.17, 15) is 0 Å². The van der Waals surface area contributed by atoms with Gasteiger partial charge in [-0.15, -0.1) is 0 Å². The van der Waals surface area contributed by atoms with Gasteiger partial charge in [0.05, 0.1) is 18.8 Å². The van der Waals surface area contributed by atoms with Crippen LogP contribution >= 0.6 is 0 Å². The molecule has 5 nitrogen and oxygen atoms in total. The first-order valence-electron chi connectivity index (χ1n) is 7.62. The van der Waals surface area contributed by atoms with Crippen LogP contribution in [-0.2, 0) is 13.0 Å². The van der Waals surface area contributed by atoms with Gasteiger partial charge in [0, 0.05) is 32.1 Å². The van der Waals surface area contributed by atoms with Crippen LogP contribution in [0.1, 0.15) is 37.1 Å². The fourth-order valence-corrected chi connectivity index (χ4v) is 2.85. The van der Waals surface area contributed by atoms with E-state index < -0.39 is 0 Å². The van der Waals surface area contributed by atoms with Crippen molar-refractivity contribution in [2.45, 2.75) is 45.7 Å². The molecule has 1 aliphatic rings. The van der Waals surface area contributed by atoms with E-state index in [1.54, 1.807) is 0 Å². The Balaban J connectivity index is 1.83. The van der Waals surface area contributed by atoms with Crippen LogP contribution in [0, 0.1) is 6.92 Å². The molecule has 114 valence electrons. The third-order valence-electron chi connectivity index (χ3n) is 4.24. The molecule has 1 aromatic rings. The maximum atomic E-state index is 9.00. The number of rotatable bonds is 6. The molecule has 0 saturated carbocycles. The number of likely N-dealkylation sites (N-methyl/N-ethyl adjacent to an activating group) is 1. The molecule has 1 fully saturated rings. The standard InChI is InChI=1S/C15H27N3O2/c1-4-15-16-12(2)14(20-15)11-18-7-5-13(6-8-18)17(3)9-10-19/h13,19H,4-11H2,1-3H3. The van der Waals surface area contributed by atoms with Crippen molar-refractivity contribution >= 4 is 0 Å². The monoisotopic (exact) mass is 281 g/mol. The molecule has 0 aromatic carbocycles. The number of aliphatic hydroxyl groups excluding tert-OH is 1. The maximum absolute atomic E-state index is 9.00. The van der Waals surface area contributed by atoms with Crippen molar-refractivity contribution < 1.29 is 9.52 Å². The minimum Gasteiger partial charge on any atom is -0.444 e. The average Bonchev–Trinajstić information content (AvgIpc) is 2.80. The number of aromatic nitrogens is 1. The second kappa shape index (κ2) is 7.20. The smallest absolute Gasteiger partial charge is 0.194 e. The number of piperidine rings is 1. The van der Waals surface area contributed by atoms with Crippen LogP contribution in [0.2, 0.25) is 0 Å². The number of nitrogens with zero attached hydrogens (tertiary/aromatic N) is 3. The Labute approximate surface area is 121 Å². The minimum absolute atomic E-state index is 0.244. The highest BCUT2D eigenvalue weighted by Crippen LogP contribution is 2.19. The van der Waals surface area contributed by atoms with Gasteiger partial charge in [-0.2, -0.15) is 0 Å². The van der Waals surface area contributed by atoms with Crippen molar-refractivity contribution in [3.05, 3.63) is 17.3 Å². The second-order valence-corrected chi connectivity index (χ2v) is 5.68. The van der Waals surface area contributed by atoms with E-state index in [0.717, 1.165) is 62.8 Å². The van der Waals surface area contributed by atoms with E-state index in [1.807, 2.05) is 6.92 Å². The van der Waals surface area contributed by atoms with E-state index in [1.165, 1.54) is 0 Å². The van der Waals surface area contributed by atoms with Crippen molar-refractivity contribution in [1.82, 2.24) is 14.8 Å². The maximum Gasteiger partial charge on any atom is 0.194 e. The molecule has 1 N–H and O–H groups in total. The number of likely N-dealkylation sites (tertiary alicyclic amines) is 1. The molecule has 0 radical (unpaired) electrons. The largest absolute Gasteiger partial charge is 0.444 e. The summed E-state index contributed by atoms with van der Waals surface area (Å²) in [5.41, 5.74) is 1.03. The Hall–Kier alpha value is -0.910. The molecule has 0 spiro atoms.